The van der Waals surface area contributed by atoms with Crippen LogP contribution in [0.2, 0.25) is 0 Å². The number of nitrogens with zero attached hydrogens (tertiary/aromatic N) is 1. The number of rotatable bonds is 3. The van der Waals surface area contributed by atoms with Gasteiger partial charge in [0.1, 0.15) is 5.58 Å². The third-order valence-electron chi connectivity index (χ3n) is 2.78. The number of allylic oxidation sites excluding steroid dienone is 1. The number of carbonyl (C=O) groups is 1. The van der Waals surface area contributed by atoms with Crippen molar-refractivity contribution in [2.75, 3.05) is 0 Å². The summed E-state index contributed by atoms with van der Waals surface area (Å²) in [4.78, 5) is 16.0. The summed E-state index contributed by atoms with van der Waals surface area (Å²) >= 11 is 0. The lowest BCUT2D eigenvalue weighted by Gasteiger charge is -1.90. The van der Waals surface area contributed by atoms with Crippen molar-refractivity contribution in [2.45, 2.75) is 0 Å². The van der Waals surface area contributed by atoms with Crippen LogP contribution >= 0.6 is 0 Å². The highest BCUT2D eigenvalue weighted by Crippen LogP contribution is 2.19. The van der Waals surface area contributed by atoms with Crippen LogP contribution in [-0.4, -0.2) is 10.8 Å². The minimum atomic E-state index is -0.153. The van der Waals surface area contributed by atoms with Crippen molar-refractivity contribution in [1.82, 2.24) is 4.98 Å². The van der Waals surface area contributed by atoms with Gasteiger partial charge in [-0.1, -0.05) is 24.3 Å². The Kier molecular flexibility index (Phi) is 2.94. The average molecular weight is 249 g/mol. The summed E-state index contributed by atoms with van der Waals surface area (Å²) in [5.74, 6) is 0.196. The van der Waals surface area contributed by atoms with Gasteiger partial charge in [0.2, 0.25) is 5.78 Å². The molecule has 1 aromatic carbocycles. The zero-order chi connectivity index (χ0) is 13.1. The van der Waals surface area contributed by atoms with Crippen molar-refractivity contribution >= 4 is 22.8 Å². The Morgan fingerprint density at radius 3 is 2.84 bits per heavy atom. The molecule has 0 bridgehead atoms. The second-order valence-electron chi connectivity index (χ2n) is 4.13. The van der Waals surface area contributed by atoms with Crippen molar-refractivity contribution in [3.8, 4) is 0 Å². The summed E-state index contributed by atoms with van der Waals surface area (Å²) in [6.07, 6.45) is 6.61. The molecule has 3 heteroatoms. The molecule has 0 aliphatic rings. The first kappa shape index (κ1) is 11.4. The maximum Gasteiger partial charge on any atom is 0.221 e. The molecule has 0 radical (unpaired) electrons. The largest absolute Gasteiger partial charge is 0.453 e. The van der Waals surface area contributed by atoms with E-state index in [1.807, 2.05) is 36.4 Å². The number of para-hydroxylation sites is 1. The fourth-order valence-corrected chi connectivity index (χ4v) is 1.83. The summed E-state index contributed by atoms with van der Waals surface area (Å²) in [6, 6.07) is 13.0. The normalized spacial score (nSPS) is 11.2. The maximum absolute atomic E-state index is 12.0. The SMILES string of the molecule is O=C(C=Cc1cccnc1)c1cc2ccccc2o1. The van der Waals surface area contributed by atoms with Crippen molar-refractivity contribution in [3.63, 3.8) is 0 Å². The lowest BCUT2D eigenvalue weighted by Crippen LogP contribution is -1.90. The molecule has 0 saturated heterocycles. The Morgan fingerprint density at radius 1 is 1.16 bits per heavy atom. The molecule has 0 amide bonds. The Labute approximate surface area is 110 Å². The van der Waals surface area contributed by atoms with Gasteiger partial charge in [-0.05, 0) is 35.9 Å². The third kappa shape index (κ3) is 2.45. The Morgan fingerprint density at radius 2 is 2.05 bits per heavy atom. The zero-order valence-electron chi connectivity index (χ0n) is 10.1. The van der Waals surface area contributed by atoms with E-state index < -0.39 is 0 Å². The van der Waals surface area contributed by atoms with Gasteiger partial charge in [-0.25, -0.2) is 0 Å². The number of aromatic nitrogens is 1. The molecule has 3 aromatic rings. The van der Waals surface area contributed by atoms with E-state index in [4.69, 9.17) is 4.42 Å². The fourth-order valence-electron chi connectivity index (χ4n) is 1.83. The summed E-state index contributed by atoms with van der Waals surface area (Å²) in [5.41, 5.74) is 1.60. The zero-order valence-corrected chi connectivity index (χ0v) is 10.1. The molecule has 0 spiro atoms. The number of carbonyl (C=O) groups excluding carboxylic acids is 1. The number of fused-ring (bicyclic) bond motifs is 1. The summed E-state index contributed by atoms with van der Waals surface area (Å²) in [7, 11) is 0. The third-order valence-corrected chi connectivity index (χ3v) is 2.78. The molecule has 0 saturated carbocycles. The monoisotopic (exact) mass is 249 g/mol. The maximum atomic E-state index is 12.0. The Bertz CT molecular complexity index is 709. The average Bonchev–Trinajstić information content (AvgIpc) is 2.90. The molecule has 3 nitrogen and oxygen atoms in total. The van der Waals surface area contributed by atoms with E-state index in [1.54, 1.807) is 24.5 Å². The standard InChI is InChI=1S/C16H11NO2/c18-14(8-7-12-4-3-9-17-11-12)16-10-13-5-1-2-6-15(13)19-16/h1-11H. The van der Waals surface area contributed by atoms with E-state index in [0.29, 0.717) is 5.76 Å². The van der Waals surface area contributed by atoms with Gasteiger partial charge in [0.05, 0.1) is 0 Å². The van der Waals surface area contributed by atoms with Crippen LogP contribution in [0, 0.1) is 0 Å². The van der Waals surface area contributed by atoms with Gasteiger partial charge in [-0.3, -0.25) is 9.78 Å². The second kappa shape index (κ2) is 4.90. The quantitative estimate of drug-likeness (QED) is 0.524. The Balaban J connectivity index is 1.86. The molecular formula is C16H11NO2. The van der Waals surface area contributed by atoms with Crippen LogP contribution < -0.4 is 0 Å². The molecule has 0 fully saturated rings. The topological polar surface area (TPSA) is 43.1 Å². The van der Waals surface area contributed by atoms with E-state index in [-0.39, 0.29) is 5.78 Å². The molecule has 19 heavy (non-hydrogen) atoms. The first-order valence-corrected chi connectivity index (χ1v) is 5.94. The van der Waals surface area contributed by atoms with E-state index >= 15 is 0 Å². The molecule has 0 unspecified atom stereocenters. The number of benzene rings is 1. The highest BCUT2D eigenvalue weighted by Gasteiger charge is 2.08. The van der Waals surface area contributed by atoms with Crippen LogP contribution in [0.4, 0.5) is 0 Å². The fraction of sp³-hybridized carbons (Fsp3) is 0. The first-order valence-electron chi connectivity index (χ1n) is 5.94. The van der Waals surface area contributed by atoms with Crippen LogP contribution in [0.25, 0.3) is 17.0 Å². The minimum Gasteiger partial charge on any atom is -0.453 e. The lowest BCUT2D eigenvalue weighted by molar-refractivity contribution is 0.102. The van der Waals surface area contributed by atoms with Crippen molar-refractivity contribution in [1.29, 1.82) is 0 Å². The molecule has 2 aromatic heterocycles. The first-order chi connectivity index (χ1) is 9.33. The predicted octanol–water partition coefficient (Wildman–Crippen LogP) is 3.72. The summed E-state index contributed by atoms with van der Waals surface area (Å²) in [5, 5.41) is 0.931. The van der Waals surface area contributed by atoms with Crippen molar-refractivity contribution < 1.29 is 9.21 Å². The highest BCUT2D eigenvalue weighted by atomic mass is 16.3. The number of hydrogen-bond acceptors (Lipinski definition) is 3. The van der Waals surface area contributed by atoms with E-state index in [9.17, 15) is 4.79 Å². The van der Waals surface area contributed by atoms with Crippen LogP contribution in [0.5, 0.6) is 0 Å². The van der Waals surface area contributed by atoms with Gasteiger partial charge in [0.25, 0.3) is 0 Å². The molecule has 2 heterocycles. The van der Waals surface area contributed by atoms with E-state index in [1.165, 1.54) is 6.08 Å². The minimum absolute atomic E-state index is 0.153. The molecule has 0 atom stereocenters. The van der Waals surface area contributed by atoms with Gasteiger partial charge in [-0.15, -0.1) is 0 Å². The van der Waals surface area contributed by atoms with Crippen LogP contribution in [0.1, 0.15) is 16.1 Å². The summed E-state index contributed by atoms with van der Waals surface area (Å²) < 4.78 is 5.50. The van der Waals surface area contributed by atoms with Gasteiger partial charge in [0.15, 0.2) is 5.76 Å². The van der Waals surface area contributed by atoms with Crippen molar-refractivity contribution in [3.05, 3.63) is 72.3 Å². The van der Waals surface area contributed by atoms with Gasteiger partial charge in [-0.2, -0.15) is 0 Å². The van der Waals surface area contributed by atoms with Gasteiger partial charge in [0, 0.05) is 17.8 Å². The predicted molar refractivity (Wildman–Crippen MR) is 73.8 cm³/mol. The molecule has 0 aliphatic heterocycles. The van der Waals surface area contributed by atoms with E-state index in [0.717, 1.165) is 16.5 Å². The number of furan rings is 1. The Hall–Kier alpha value is -2.68. The lowest BCUT2D eigenvalue weighted by atomic mass is 10.2. The number of ketones is 1. The molecule has 0 N–H and O–H groups in total. The van der Waals surface area contributed by atoms with Crippen LogP contribution in [-0.2, 0) is 0 Å². The highest BCUT2D eigenvalue weighted by molar-refractivity contribution is 6.06. The molecule has 0 aliphatic carbocycles. The summed E-state index contributed by atoms with van der Waals surface area (Å²) in [6.45, 7) is 0. The van der Waals surface area contributed by atoms with Crippen LogP contribution in [0.15, 0.2) is 65.4 Å². The number of hydrogen-bond donors (Lipinski definition) is 0. The number of pyridine rings is 1. The smallest absolute Gasteiger partial charge is 0.221 e. The molecule has 92 valence electrons. The van der Waals surface area contributed by atoms with E-state index in [2.05, 4.69) is 4.98 Å². The van der Waals surface area contributed by atoms with Gasteiger partial charge >= 0.3 is 0 Å². The molecular weight excluding hydrogens is 238 g/mol. The van der Waals surface area contributed by atoms with Crippen molar-refractivity contribution in [2.24, 2.45) is 0 Å². The van der Waals surface area contributed by atoms with Gasteiger partial charge < -0.3 is 4.42 Å². The second-order valence-corrected chi connectivity index (χ2v) is 4.13. The molecule has 3 rings (SSSR count). The van der Waals surface area contributed by atoms with Crippen LogP contribution in [0.3, 0.4) is 0 Å².